The standard InChI is InChI=1S/C14H22N2O4.C7H9N.2H2/c1-6-9-8(2)14(15-10(9)17)7-16(11(14)18)12(19)20-13(3,4)5;8-6-7-4-2-1-3-5-7;;/h8-9H,6-7H2,1-5H3,(H,15,17);1-5H,6,8H2;2*1H/t8-,9?,14?;;;/m1.../s1. The van der Waals surface area contributed by atoms with Crippen molar-refractivity contribution in [2.45, 2.75) is 58.7 Å². The maximum Gasteiger partial charge on any atom is 0.417 e. The van der Waals surface area contributed by atoms with E-state index in [-0.39, 0.29) is 33.0 Å². The number of hydrogen-bond acceptors (Lipinski definition) is 5. The van der Waals surface area contributed by atoms with Gasteiger partial charge in [-0.25, -0.2) is 9.69 Å². The zero-order valence-electron chi connectivity index (χ0n) is 17.3. The molecule has 0 bridgehead atoms. The molecule has 0 radical (unpaired) electrons. The van der Waals surface area contributed by atoms with Crippen molar-refractivity contribution in [2.75, 3.05) is 6.54 Å². The van der Waals surface area contributed by atoms with Crippen molar-refractivity contribution >= 4 is 17.9 Å². The van der Waals surface area contributed by atoms with Crippen LogP contribution in [0.15, 0.2) is 30.3 Å². The third-order valence-electron chi connectivity index (χ3n) is 5.23. The van der Waals surface area contributed by atoms with Crippen LogP contribution in [0.5, 0.6) is 0 Å². The molecule has 158 valence electrons. The zero-order valence-corrected chi connectivity index (χ0v) is 17.3. The molecule has 2 aliphatic rings. The van der Waals surface area contributed by atoms with Gasteiger partial charge in [0, 0.05) is 21.2 Å². The summed E-state index contributed by atoms with van der Waals surface area (Å²) in [5, 5.41) is 2.78. The average molecular weight is 394 g/mol. The number of carbonyl (C=O) groups is 3. The highest BCUT2D eigenvalue weighted by Crippen LogP contribution is 2.41. The normalized spacial score (nSPS) is 26.3. The van der Waals surface area contributed by atoms with Gasteiger partial charge in [-0.1, -0.05) is 44.2 Å². The van der Waals surface area contributed by atoms with Gasteiger partial charge in [0.2, 0.25) is 5.91 Å². The summed E-state index contributed by atoms with van der Waals surface area (Å²) in [6.07, 6.45) is 0.0450. The zero-order chi connectivity index (χ0) is 21.1. The summed E-state index contributed by atoms with van der Waals surface area (Å²) >= 11 is 0. The number of nitrogens with one attached hydrogen (secondary N) is 1. The number of amides is 3. The minimum atomic E-state index is -0.908. The fourth-order valence-electron chi connectivity index (χ4n) is 3.58. The number of rotatable bonds is 2. The maximum absolute atomic E-state index is 12.3. The molecule has 2 saturated heterocycles. The van der Waals surface area contributed by atoms with Crippen molar-refractivity contribution in [3.05, 3.63) is 35.9 Å². The van der Waals surface area contributed by atoms with Crippen LogP contribution >= 0.6 is 0 Å². The number of β-lactam (4-membered cyclic amide) rings is 1. The van der Waals surface area contributed by atoms with Gasteiger partial charge in [-0.2, -0.15) is 0 Å². The van der Waals surface area contributed by atoms with Crippen molar-refractivity contribution in [1.82, 2.24) is 10.2 Å². The minimum Gasteiger partial charge on any atom is -0.443 e. The Balaban J connectivity index is 0.000000714. The lowest BCUT2D eigenvalue weighted by molar-refractivity contribution is -0.154. The van der Waals surface area contributed by atoms with Crippen LogP contribution in [0.1, 0.15) is 49.5 Å². The van der Waals surface area contributed by atoms with Gasteiger partial charge in [0.25, 0.3) is 5.91 Å². The number of benzene rings is 1. The van der Waals surface area contributed by atoms with Gasteiger partial charge in [0.05, 0.1) is 6.54 Å². The van der Waals surface area contributed by atoms with Crippen molar-refractivity contribution in [3.8, 4) is 0 Å². The number of hydrogen-bond donors (Lipinski definition) is 2. The van der Waals surface area contributed by atoms with Gasteiger partial charge < -0.3 is 15.8 Å². The summed E-state index contributed by atoms with van der Waals surface area (Å²) in [5.41, 5.74) is 4.99. The molecule has 1 spiro atoms. The van der Waals surface area contributed by atoms with Crippen LogP contribution in [0.4, 0.5) is 4.79 Å². The predicted molar refractivity (Wildman–Crippen MR) is 110 cm³/mol. The Labute approximate surface area is 169 Å². The molecule has 1 aromatic rings. The van der Waals surface area contributed by atoms with Gasteiger partial charge in [-0.3, -0.25) is 9.59 Å². The highest BCUT2D eigenvalue weighted by Gasteiger charge is 2.65. The Morgan fingerprint density at radius 3 is 2.32 bits per heavy atom. The van der Waals surface area contributed by atoms with E-state index in [0.29, 0.717) is 13.0 Å². The van der Waals surface area contributed by atoms with Crippen LogP contribution in [0.2, 0.25) is 0 Å². The number of imide groups is 1. The lowest BCUT2D eigenvalue weighted by Crippen LogP contribution is -2.75. The Bertz CT molecular complexity index is 740. The molecule has 0 saturated carbocycles. The lowest BCUT2D eigenvalue weighted by Gasteiger charge is -2.47. The van der Waals surface area contributed by atoms with E-state index in [2.05, 4.69) is 5.32 Å². The molecule has 2 aliphatic heterocycles. The number of carbonyl (C=O) groups excluding carboxylic acids is 3. The van der Waals surface area contributed by atoms with E-state index in [1.807, 2.05) is 44.2 Å². The first kappa shape index (κ1) is 21.9. The Hall–Kier alpha value is -2.41. The highest BCUT2D eigenvalue weighted by molar-refractivity contribution is 6.07. The molecule has 2 fully saturated rings. The summed E-state index contributed by atoms with van der Waals surface area (Å²) in [7, 11) is 0. The van der Waals surface area contributed by atoms with Crippen LogP contribution in [0.3, 0.4) is 0 Å². The number of likely N-dealkylation sites (tertiary alicyclic amines) is 1. The smallest absolute Gasteiger partial charge is 0.417 e. The molecule has 3 rings (SSSR count). The molecular formula is C21H35N3O4. The Kier molecular flexibility index (Phi) is 6.49. The van der Waals surface area contributed by atoms with E-state index < -0.39 is 17.2 Å². The second-order valence-corrected chi connectivity index (χ2v) is 8.33. The molecule has 1 aromatic carbocycles. The minimum absolute atomic E-state index is 0. The van der Waals surface area contributed by atoms with E-state index in [4.69, 9.17) is 10.5 Å². The second-order valence-electron chi connectivity index (χ2n) is 8.33. The molecule has 3 N–H and O–H groups in total. The molecule has 0 aromatic heterocycles. The monoisotopic (exact) mass is 393 g/mol. The fourth-order valence-corrected chi connectivity index (χ4v) is 3.58. The summed E-state index contributed by atoms with van der Waals surface area (Å²) in [4.78, 5) is 37.2. The number of ether oxygens (including phenoxy) is 1. The molecule has 2 heterocycles. The van der Waals surface area contributed by atoms with Crippen molar-refractivity contribution in [1.29, 1.82) is 0 Å². The van der Waals surface area contributed by atoms with Gasteiger partial charge in [0.15, 0.2) is 0 Å². The molecule has 28 heavy (non-hydrogen) atoms. The summed E-state index contributed by atoms with van der Waals surface area (Å²) in [6, 6.07) is 9.99. The third-order valence-corrected chi connectivity index (χ3v) is 5.23. The third kappa shape index (κ3) is 4.35. The van der Waals surface area contributed by atoms with Gasteiger partial charge in [-0.15, -0.1) is 0 Å². The molecule has 3 amide bonds. The second kappa shape index (κ2) is 8.31. The lowest BCUT2D eigenvalue weighted by atomic mass is 9.75. The topological polar surface area (TPSA) is 102 Å². The highest BCUT2D eigenvalue weighted by atomic mass is 16.6. The average Bonchev–Trinajstić information content (AvgIpc) is 2.90. The van der Waals surface area contributed by atoms with E-state index in [1.54, 1.807) is 20.8 Å². The largest absolute Gasteiger partial charge is 0.443 e. The van der Waals surface area contributed by atoms with Crippen LogP contribution < -0.4 is 11.1 Å². The van der Waals surface area contributed by atoms with Gasteiger partial charge in [0.1, 0.15) is 11.1 Å². The Morgan fingerprint density at radius 2 is 1.93 bits per heavy atom. The SMILES string of the molecule is CCC1C(=O)NC2(CN(C(=O)OC(C)(C)C)C2=O)[C@@H]1C.NCc1ccccc1.[HH].[HH]. The first-order valence-corrected chi connectivity index (χ1v) is 9.66. The first-order valence-electron chi connectivity index (χ1n) is 9.66. The molecule has 2 unspecified atom stereocenters. The fraction of sp³-hybridized carbons (Fsp3) is 0.571. The maximum atomic E-state index is 12.3. The first-order chi connectivity index (χ1) is 13.1. The predicted octanol–water partition coefficient (Wildman–Crippen LogP) is 2.93. The summed E-state index contributed by atoms with van der Waals surface area (Å²) in [5.74, 6) is -0.730. The van der Waals surface area contributed by atoms with E-state index >= 15 is 0 Å². The summed E-state index contributed by atoms with van der Waals surface area (Å²) < 4.78 is 5.18. The van der Waals surface area contributed by atoms with Crippen molar-refractivity contribution < 1.29 is 22.0 Å². The number of nitrogens with two attached hydrogens (primary N) is 1. The Morgan fingerprint density at radius 1 is 1.32 bits per heavy atom. The summed E-state index contributed by atoms with van der Waals surface area (Å²) in [6.45, 7) is 9.89. The van der Waals surface area contributed by atoms with Crippen LogP contribution in [0, 0.1) is 11.8 Å². The van der Waals surface area contributed by atoms with Gasteiger partial charge >= 0.3 is 6.09 Å². The van der Waals surface area contributed by atoms with Crippen molar-refractivity contribution in [2.24, 2.45) is 17.6 Å². The molecule has 3 atom stereocenters. The molecule has 7 nitrogen and oxygen atoms in total. The van der Waals surface area contributed by atoms with E-state index in [0.717, 1.165) is 4.90 Å². The van der Waals surface area contributed by atoms with Crippen LogP contribution in [-0.4, -0.2) is 40.5 Å². The van der Waals surface area contributed by atoms with Crippen molar-refractivity contribution in [3.63, 3.8) is 0 Å². The van der Waals surface area contributed by atoms with E-state index in [1.165, 1.54) is 5.56 Å². The van der Waals surface area contributed by atoms with Crippen LogP contribution in [0.25, 0.3) is 0 Å². The van der Waals surface area contributed by atoms with Gasteiger partial charge in [-0.05, 0) is 32.8 Å². The quantitative estimate of drug-likeness (QED) is 0.752. The molecule has 7 heteroatoms. The number of nitrogens with zero attached hydrogens (tertiary/aromatic N) is 1. The van der Waals surface area contributed by atoms with Crippen LogP contribution in [-0.2, 0) is 20.9 Å². The van der Waals surface area contributed by atoms with E-state index in [9.17, 15) is 14.4 Å². The molecule has 0 aliphatic carbocycles. The molecular weight excluding hydrogens is 358 g/mol.